The minimum Gasteiger partial charge on any atom is -0.382 e. The third-order valence-electron chi connectivity index (χ3n) is 6.90. The molecule has 2 N–H and O–H groups in total. The second-order valence-corrected chi connectivity index (χ2v) is 13.1. The summed E-state index contributed by atoms with van der Waals surface area (Å²) in [6.07, 6.45) is -0.612. The Balaban J connectivity index is 1.20. The van der Waals surface area contributed by atoms with E-state index in [1.165, 1.54) is 6.20 Å². The lowest BCUT2D eigenvalue weighted by Gasteiger charge is -2.30. The highest BCUT2D eigenvalue weighted by molar-refractivity contribution is 9.10. The maximum absolute atomic E-state index is 13.2. The molecule has 222 valence electrons. The molecule has 0 spiro atoms. The lowest BCUT2D eigenvalue weighted by molar-refractivity contribution is 0.143. The normalized spacial score (nSPS) is 18.8. The number of aromatic nitrogens is 3. The molecule has 2 aromatic heterocycles. The molecular weight excluding hydrogens is 652 g/mol. The van der Waals surface area contributed by atoms with Crippen molar-refractivity contribution in [1.29, 1.82) is 0 Å². The summed E-state index contributed by atoms with van der Waals surface area (Å²) in [7, 11) is -3.68. The van der Waals surface area contributed by atoms with E-state index in [2.05, 4.69) is 31.7 Å². The molecule has 0 aliphatic carbocycles. The van der Waals surface area contributed by atoms with Gasteiger partial charge in [-0.25, -0.2) is 27.2 Å². The molecular formula is C25H27BrF4N6O3S2. The number of piperidine rings is 1. The fourth-order valence-corrected chi connectivity index (χ4v) is 6.86. The molecule has 2 aliphatic heterocycles. The maximum Gasteiger partial charge on any atom is 0.306 e. The third-order valence-corrected chi connectivity index (χ3v) is 9.15. The first-order valence-corrected chi connectivity index (χ1v) is 16.2. The van der Waals surface area contributed by atoms with Crippen LogP contribution in [0.5, 0.6) is 5.75 Å². The van der Waals surface area contributed by atoms with Crippen LogP contribution in [0.1, 0.15) is 71.0 Å². The van der Waals surface area contributed by atoms with Crippen LogP contribution >= 0.6 is 27.3 Å². The largest absolute Gasteiger partial charge is 0.382 e. The number of nitrogens with zero attached hydrogens (tertiary/aromatic N) is 4. The van der Waals surface area contributed by atoms with Gasteiger partial charge in [-0.05, 0) is 36.6 Å². The smallest absolute Gasteiger partial charge is 0.306 e. The second-order valence-electron chi connectivity index (χ2n) is 9.74. The van der Waals surface area contributed by atoms with Crippen LogP contribution in [0.2, 0.25) is 0 Å². The quantitative estimate of drug-likeness (QED) is 0.238. The minimum absolute atomic E-state index is 0.219. The van der Waals surface area contributed by atoms with Gasteiger partial charge in [0.25, 0.3) is 12.9 Å². The fourth-order valence-electron chi connectivity index (χ4n) is 4.85. The molecule has 16 heteroatoms. The third kappa shape index (κ3) is 7.10. The molecule has 0 saturated carbocycles. The first-order chi connectivity index (χ1) is 19.5. The highest BCUT2D eigenvalue weighted by Crippen LogP contribution is 2.35. The Hall–Kier alpha value is -2.53. The van der Waals surface area contributed by atoms with Crippen LogP contribution in [0.15, 0.2) is 34.3 Å². The van der Waals surface area contributed by atoms with Gasteiger partial charge in [0.2, 0.25) is 0 Å². The zero-order valence-electron chi connectivity index (χ0n) is 21.7. The summed E-state index contributed by atoms with van der Waals surface area (Å²) in [6.45, 7) is 2.14. The molecule has 5 rings (SSSR count). The summed E-state index contributed by atoms with van der Waals surface area (Å²) in [5, 5.41) is 13.4. The zero-order chi connectivity index (χ0) is 29.3. The first-order valence-electron chi connectivity index (χ1n) is 12.7. The average Bonchev–Trinajstić information content (AvgIpc) is 3.52. The Labute approximate surface area is 246 Å². The van der Waals surface area contributed by atoms with Crippen molar-refractivity contribution in [3.05, 3.63) is 67.5 Å². The predicted octanol–water partition coefficient (Wildman–Crippen LogP) is 5.52. The van der Waals surface area contributed by atoms with E-state index in [4.69, 9.17) is 9.17 Å². The van der Waals surface area contributed by atoms with Crippen molar-refractivity contribution < 1.29 is 30.2 Å². The van der Waals surface area contributed by atoms with E-state index >= 15 is 0 Å². The summed E-state index contributed by atoms with van der Waals surface area (Å²) < 4.78 is 82.6. The van der Waals surface area contributed by atoms with E-state index in [0.29, 0.717) is 26.2 Å². The molecule has 41 heavy (non-hydrogen) atoms. The molecule has 1 aromatic carbocycles. The average molecular weight is 680 g/mol. The van der Waals surface area contributed by atoms with Gasteiger partial charge in [0.05, 0.1) is 17.0 Å². The van der Waals surface area contributed by atoms with Crippen molar-refractivity contribution in [3.8, 4) is 5.75 Å². The lowest BCUT2D eigenvalue weighted by Crippen LogP contribution is -2.31. The monoisotopic (exact) mass is 678 g/mol. The summed E-state index contributed by atoms with van der Waals surface area (Å²) >= 11 is 5.11. The summed E-state index contributed by atoms with van der Waals surface area (Å²) in [6, 6.07) is 4.11. The molecule has 1 atom stereocenters. The van der Waals surface area contributed by atoms with Gasteiger partial charge in [-0.1, -0.05) is 15.9 Å². The number of nitrogens with one attached hydrogen (secondary N) is 2. The first kappa shape index (κ1) is 29.9. The van der Waals surface area contributed by atoms with Crippen LogP contribution in [-0.2, 0) is 23.2 Å². The number of likely N-dealkylation sites (tertiary alicyclic amines) is 1. The molecule has 2 aliphatic rings. The van der Waals surface area contributed by atoms with Crippen LogP contribution in [0.25, 0.3) is 6.20 Å². The highest BCUT2D eigenvalue weighted by atomic mass is 79.9. The van der Waals surface area contributed by atoms with Gasteiger partial charge < -0.3 is 9.08 Å². The van der Waals surface area contributed by atoms with Gasteiger partial charge in [-0.3, -0.25) is 10.6 Å². The maximum atomic E-state index is 13.2. The van der Waals surface area contributed by atoms with Gasteiger partial charge in [0, 0.05) is 59.9 Å². The van der Waals surface area contributed by atoms with Crippen molar-refractivity contribution in [2.24, 2.45) is 0 Å². The molecule has 3 aromatic rings. The van der Waals surface area contributed by atoms with Crippen molar-refractivity contribution in [2.45, 2.75) is 50.9 Å². The van der Waals surface area contributed by atoms with Gasteiger partial charge >= 0.3 is 10.1 Å². The number of alkyl halides is 4. The van der Waals surface area contributed by atoms with E-state index < -0.39 is 34.4 Å². The number of benzene rings is 1. The Morgan fingerprint density at radius 2 is 1.80 bits per heavy atom. The Morgan fingerprint density at radius 3 is 2.46 bits per heavy atom. The van der Waals surface area contributed by atoms with Gasteiger partial charge in [0.15, 0.2) is 0 Å². The number of fused-ring (bicyclic) bond motifs is 1. The van der Waals surface area contributed by atoms with Crippen LogP contribution in [0.4, 0.5) is 17.6 Å². The zero-order valence-corrected chi connectivity index (χ0v) is 25.0. The fraction of sp³-hybridized carbons (Fsp3) is 0.440. The second kappa shape index (κ2) is 12.4. The Bertz CT molecular complexity index is 1520. The van der Waals surface area contributed by atoms with Gasteiger partial charge in [-0.2, -0.15) is 13.5 Å². The standard InChI is InChI=1S/C25H27BrF4N6O3S2/c1-41(37,38)39-21-3-2-17(26)15-11-31-24(32-12-16(15)21)19-13-40-25(33-19)14-4-6-35(7-5-14)8-9-36-20(23(29)30)10-18(34-36)22(27)28/h2-3,8-10,13-14,22-24,31-32H,4-7,11-12H2,1H3. The SMILES string of the molecule is CS(=O)(=O)Oc1ccc(Br)c2c1CNC(c1csc(C3CCN(C=Cn4nc(C(F)F)cc4C(F)F)CC3)n1)NC2. The van der Waals surface area contributed by atoms with Crippen LogP contribution < -0.4 is 14.8 Å². The van der Waals surface area contributed by atoms with Crippen LogP contribution in [-0.4, -0.2) is 47.4 Å². The number of hydrogen-bond donors (Lipinski definition) is 2. The topological polar surface area (TPSA) is 101 Å². The molecule has 4 heterocycles. The summed E-state index contributed by atoms with van der Waals surface area (Å²) in [5.41, 5.74) is 1.22. The number of halogens is 5. The Morgan fingerprint density at radius 1 is 1.10 bits per heavy atom. The Kier molecular flexibility index (Phi) is 9.04. The van der Waals surface area contributed by atoms with Gasteiger partial charge in [0.1, 0.15) is 23.3 Å². The van der Waals surface area contributed by atoms with Crippen LogP contribution in [0.3, 0.4) is 0 Å². The highest BCUT2D eigenvalue weighted by Gasteiger charge is 2.27. The van der Waals surface area contributed by atoms with Crippen molar-refractivity contribution in [1.82, 2.24) is 30.3 Å². The molecule has 0 amide bonds. The predicted molar refractivity (Wildman–Crippen MR) is 149 cm³/mol. The molecule has 1 saturated heterocycles. The molecule has 9 nitrogen and oxygen atoms in total. The number of thiazole rings is 1. The van der Waals surface area contributed by atoms with E-state index in [1.807, 2.05) is 10.3 Å². The summed E-state index contributed by atoms with van der Waals surface area (Å²) in [4.78, 5) is 6.83. The van der Waals surface area contributed by atoms with E-state index in [0.717, 1.165) is 56.1 Å². The molecule has 0 bridgehead atoms. The van der Waals surface area contributed by atoms with E-state index in [9.17, 15) is 26.0 Å². The van der Waals surface area contributed by atoms with E-state index in [-0.39, 0.29) is 17.8 Å². The molecule has 1 fully saturated rings. The van der Waals surface area contributed by atoms with Crippen molar-refractivity contribution in [2.75, 3.05) is 19.3 Å². The minimum atomic E-state index is -3.68. The summed E-state index contributed by atoms with van der Waals surface area (Å²) in [5.74, 6) is 0.505. The molecule has 0 radical (unpaired) electrons. The van der Waals surface area contributed by atoms with Crippen LogP contribution in [0, 0.1) is 0 Å². The lowest BCUT2D eigenvalue weighted by atomic mass is 9.98. The molecule has 1 unspecified atom stereocenters. The number of hydrogen-bond acceptors (Lipinski definition) is 9. The van der Waals surface area contributed by atoms with Crippen molar-refractivity contribution >= 4 is 43.6 Å². The van der Waals surface area contributed by atoms with Crippen molar-refractivity contribution in [3.63, 3.8) is 0 Å². The van der Waals surface area contributed by atoms with E-state index in [1.54, 1.807) is 29.7 Å². The van der Waals surface area contributed by atoms with Gasteiger partial charge in [-0.15, -0.1) is 11.3 Å². The number of rotatable bonds is 8.